The Hall–Kier alpha value is -7.55. The number of rotatable bonds is 13. The van der Waals surface area contributed by atoms with Crippen molar-refractivity contribution in [3.8, 4) is 23.0 Å². The lowest BCUT2D eigenvalue weighted by Gasteiger charge is -2.36. The van der Waals surface area contributed by atoms with Crippen LogP contribution in [-0.2, 0) is 19.9 Å². The number of anilines is 1. The summed E-state index contributed by atoms with van der Waals surface area (Å²) in [5, 5.41) is 56.2. The molecule has 21 heteroatoms. The number of H-pyrrole nitrogens is 1. The minimum Gasteiger partial charge on any atom is -0.508 e. The number of ether oxygens (including phenoxy) is 2. The lowest BCUT2D eigenvalue weighted by molar-refractivity contribution is -0.142. The molecule has 8 N–H and O–H groups in total. The van der Waals surface area contributed by atoms with Crippen molar-refractivity contribution in [2.45, 2.75) is 75.1 Å². The number of unbranched alkanes of at least 4 members (excludes halogenated alkanes) is 1. The van der Waals surface area contributed by atoms with E-state index in [1.54, 1.807) is 37.3 Å². The molecule has 64 heavy (non-hydrogen) atoms. The second-order valence-corrected chi connectivity index (χ2v) is 16.5. The van der Waals surface area contributed by atoms with Gasteiger partial charge in [-0.25, -0.2) is 9.59 Å². The number of nitrogens with zero attached hydrogens (tertiary/aromatic N) is 4. The van der Waals surface area contributed by atoms with E-state index >= 15 is 0 Å². The van der Waals surface area contributed by atoms with Gasteiger partial charge in [-0.3, -0.25) is 14.4 Å². The van der Waals surface area contributed by atoms with E-state index in [0.717, 1.165) is 12.8 Å². The molecule has 1 saturated heterocycles. The molecule has 0 radical (unpaired) electrons. The number of aryl methyl sites for hydroxylation is 1. The van der Waals surface area contributed by atoms with E-state index in [1.165, 1.54) is 35.4 Å². The van der Waals surface area contributed by atoms with Crippen molar-refractivity contribution < 1.29 is 53.3 Å². The highest BCUT2D eigenvalue weighted by Gasteiger charge is 2.54. The first-order valence-corrected chi connectivity index (χ1v) is 21.0. The highest BCUT2D eigenvalue weighted by Crippen LogP contribution is 2.57. The number of benzene rings is 3. The predicted octanol–water partition coefficient (Wildman–Crippen LogP) is 3.70. The van der Waals surface area contributed by atoms with Crippen molar-refractivity contribution in [3.63, 3.8) is 0 Å². The number of carboxylic acid groups (broad SMARTS) is 1. The molecule has 0 bridgehead atoms. The lowest BCUT2D eigenvalue weighted by atomic mass is 9.77. The molecule has 330 valence electrons. The minimum atomic E-state index is -1.41. The van der Waals surface area contributed by atoms with Crippen LogP contribution in [0.4, 0.5) is 5.69 Å². The van der Waals surface area contributed by atoms with Gasteiger partial charge in [0.25, 0.3) is 11.8 Å². The lowest BCUT2D eigenvalue weighted by Crippen LogP contribution is -2.51. The number of nitrogens with one attached hydrogen (secondary N) is 5. The van der Waals surface area contributed by atoms with Crippen molar-refractivity contribution in [2.24, 2.45) is 0 Å². The molecule has 20 nitrogen and oxygen atoms in total. The largest absolute Gasteiger partial charge is 0.508 e. The number of phenolic OH excluding ortho intramolecular Hbond substituents is 2. The number of likely N-dealkylation sites (tertiary alicyclic amines) is 1. The molecular weight excluding hydrogens is 851 g/mol. The molecule has 5 aromatic rings. The molecule has 5 heterocycles. The molecule has 1 aliphatic carbocycles. The summed E-state index contributed by atoms with van der Waals surface area (Å²) >= 11 is 5.52. The summed E-state index contributed by atoms with van der Waals surface area (Å²) in [6.45, 7) is 1.92. The van der Waals surface area contributed by atoms with E-state index in [9.17, 15) is 39.3 Å². The molecule has 3 amide bonds. The van der Waals surface area contributed by atoms with Crippen molar-refractivity contribution in [2.75, 3.05) is 18.4 Å². The Bertz CT molecular complexity index is 2680. The average Bonchev–Trinajstić information content (AvgIpc) is 3.53. The van der Waals surface area contributed by atoms with Crippen LogP contribution in [0.15, 0.2) is 65.3 Å². The summed E-state index contributed by atoms with van der Waals surface area (Å²) in [5.74, 6) is -2.68. The molecule has 3 aromatic carbocycles. The number of aromatic nitrogens is 4. The topological polar surface area (TPSA) is 283 Å². The summed E-state index contributed by atoms with van der Waals surface area (Å²) in [6.07, 6.45) is 3.92. The van der Waals surface area contributed by atoms with Gasteiger partial charge in [0, 0.05) is 59.6 Å². The number of carboxylic acids is 1. The zero-order valence-electron chi connectivity index (χ0n) is 34.0. The van der Waals surface area contributed by atoms with Crippen LogP contribution in [0.25, 0.3) is 0 Å². The van der Waals surface area contributed by atoms with Crippen LogP contribution < -0.4 is 26.0 Å². The van der Waals surface area contributed by atoms with Crippen LogP contribution in [0.5, 0.6) is 23.0 Å². The van der Waals surface area contributed by atoms with Crippen LogP contribution in [0, 0.1) is 6.92 Å². The number of phenols is 2. The van der Waals surface area contributed by atoms with Gasteiger partial charge >= 0.3 is 11.9 Å². The standard InChI is InChI=1S/C43H41N9O11S/c1-20-35(50-51-49-20)38(56)46-23-15-32(52(19-23)39(57)27-18-45-63-36(27)21-5-6-21)37(55)48-31(40(58)59)4-2-3-13-44-42(64)47-22-7-10-28-26(14-22)41(60)62-43(28)29-11-8-24(53)16-33(29)61-34-17-25(54)9-12-30(34)43/h7-12,14,16-18,21,23,31-32,53-54H,2-6,13,15,19H2,1H3,(H,46,56)(H,48,55)(H,58,59)(H2,44,47,64)(H,49,50,51)/t23-,31+,32+/m1/s1. The zero-order chi connectivity index (χ0) is 44.9. The summed E-state index contributed by atoms with van der Waals surface area (Å²) in [7, 11) is 0. The van der Waals surface area contributed by atoms with E-state index in [2.05, 4.69) is 41.8 Å². The number of aromatic amines is 1. The Kier molecular flexibility index (Phi) is 10.9. The van der Waals surface area contributed by atoms with E-state index in [0.29, 0.717) is 53.2 Å². The minimum absolute atomic E-state index is 0.0187. The molecule has 2 fully saturated rings. The van der Waals surface area contributed by atoms with Gasteiger partial charge in [0.05, 0.1) is 17.5 Å². The number of carbonyl (C=O) groups excluding carboxylic acids is 4. The van der Waals surface area contributed by atoms with E-state index in [1.807, 2.05) is 0 Å². The molecule has 1 saturated carbocycles. The van der Waals surface area contributed by atoms with Gasteiger partial charge in [-0.15, -0.1) is 0 Å². The van der Waals surface area contributed by atoms with Gasteiger partial charge in [-0.2, -0.15) is 15.4 Å². The normalized spacial score (nSPS) is 18.2. The zero-order valence-corrected chi connectivity index (χ0v) is 34.9. The highest BCUT2D eigenvalue weighted by molar-refractivity contribution is 7.80. The SMILES string of the molecule is Cc1n[nH]nc1C(=O)N[C@@H]1C[C@@H](C(=O)N[C@@H](CCCCNC(=S)Nc2ccc3c(c2)C(=O)OC32c3ccc(O)cc3Oc3cc(O)ccc32)C(=O)O)N(C(=O)c2cnoc2C2CC2)C1. The Labute approximate surface area is 368 Å². The van der Waals surface area contributed by atoms with Gasteiger partial charge in [0.15, 0.2) is 22.2 Å². The maximum absolute atomic E-state index is 13.9. The number of carbonyl (C=O) groups is 5. The number of hydrogen-bond acceptors (Lipinski definition) is 14. The summed E-state index contributed by atoms with van der Waals surface area (Å²) in [4.78, 5) is 67.9. The second kappa shape index (κ2) is 16.6. The Balaban J connectivity index is 0.809. The van der Waals surface area contributed by atoms with Crippen molar-refractivity contribution >= 4 is 52.7 Å². The monoisotopic (exact) mass is 891 g/mol. The molecule has 2 aromatic heterocycles. The quantitative estimate of drug-likeness (QED) is 0.0475. The third kappa shape index (κ3) is 7.77. The van der Waals surface area contributed by atoms with Crippen LogP contribution in [-0.4, -0.2) is 107 Å². The van der Waals surface area contributed by atoms with E-state index in [-0.39, 0.29) is 70.2 Å². The number of aliphatic carboxylic acids is 1. The maximum atomic E-state index is 13.9. The van der Waals surface area contributed by atoms with Gasteiger partial charge in [0.1, 0.15) is 40.6 Å². The van der Waals surface area contributed by atoms with E-state index in [4.69, 9.17) is 26.2 Å². The molecule has 9 rings (SSSR count). The fourth-order valence-electron chi connectivity index (χ4n) is 8.53. The first-order chi connectivity index (χ1) is 30.8. The fourth-order valence-corrected chi connectivity index (χ4v) is 8.75. The van der Waals surface area contributed by atoms with Gasteiger partial charge < -0.3 is 55.5 Å². The third-order valence-electron chi connectivity index (χ3n) is 11.8. The Morgan fingerprint density at radius 1 is 0.984 bits per heavy atom. The van der Waals surface area contributed by atoms with Gasteiger partial charge in [0.2, 0.25) is 5.91 Å². The maximum Gasteiger partial charge on any atom is 0.340 e. The molecule has 3 atom stereocenters. The number of fused-ring (bicyclic) bond motifs is 6. The number of thiocarbonyl (C=S) groups is 1. The van der Waals surface area contributed by atoms with Gasteiger partial charge in [-0.1, -0.05) is 11.2 Å². The predicted molar refractivity (Wildman–Crippen MR) is 226 cm³/mol. The van der Waals surface area contributed by atoms with Crippen molar-refractivity contribution in [1.82, 2.24) is 41.4 Å². The summed E-state index contributed by atoms with van der Waals surface area (Å²) in [5.41, 5.74) is 1.52. The van der Waals surface area contributed by atoms with Crippen molar-refractivity contribution in [1.29, 1.82) is 0 Å². The first-order valence-electron chi connectivity index (χ1n) is 20.5. The highest BCUT2D eigenvalue weighted by atomic mass is 32.1. The molecule has 4 aliphatic rings. The van der Waals surface area contributed by atoms with Gasteiger partial charge in [-0.05, 0) is 94.1 Å². The van der Waals surface area contributed by atoms with Crippen LogP contribution in [0.2, 0.25) is 0 Å². The fraction of sp³-hybridized carbons (Fsp3) is 0.326. The Morgan fingerprint density at radius 2 is 1.70 bits per heavy atom. The summed E-state index contributed by atoms with van der Waals surface area (Å²) < 4.78 is 17.5. The number of aromatic hydroxyl groups is 2. The Morgan fingerprint density at radius 3 is 2.38 bits per heavy atom. The summed E-state index contributed by atoms with van der Waals surface area (Å²) in [6, 6.07) is 11.1. The smallest absolute Gasteiger partial charge is 0.340 e. The first kappa shape index (κ1) is 41.8. The number of esters is 1. The van der Waals surface area contributed by atoms with Crippen LogP contribution in [0.3, 0.4) is 0 Å². The molecule has 0 unspecified atom stereocenters. The van der Waals surface area contributed by atoms with E-state index < -0.39 is 53.4 Å². The second-order valence-electron chi connectivity index (χ2n) is 16.1. The number of amides is 3. The van der Waals surface area contributed by atoms with Crippen molar-refractivity contribution in [3.05, 3.63) is 106 Å². The molecular formula is C43H41N9O11S. The van der Waals surface area contributed by atoms with Crippen LogP contribution in [0.1, 0.15) is 104 Å². The average molecular weight is 892 g/mol. The third-order valence-corrected chi connectivity index (χ3v) is 12.0. The molecule has 1 spiro atoms. The molecule has 3 aliphatic heterocycles. The number of hydrogen-bond donors (Lipinski definition) is 8. The van der Waals surface area contributed by atoms with Crippen LogP contribution >= 0.6 is 12.2 Å².